The summed E-state index contributed by atoms with van der Waals surface area (Å²) < 4.78 is 18.2. The summed E-state index contributed by atoms with van der Waals surface area (Å²) in [6.45, 7) is 1.00. The van der Waals surface area contributed by atoms with Crippen LogP contribution in [0.3, 0.4) is 0 Å². The van der Waals surface area contributed by atoms with E-state index >= 15 is 0 Å². The smallest absolute Gasteiger partial charge is 0.246 e. The maximum absolute atomic E-state index is 12.9. The molecule has 148 valence electrons. The van der Waals surface area contributed by atoms with Crippen molar-refractivity contribution >= 4 is 41.5 Å². The van der Waals surface area contributed by atoms with E-state index in [9.17, 15) is 4.39 Å². The van der Waals surface area contributed by atoms with Crippen LogP contribution in [0, 0.1) is 5.82 Å². The number of nitrogens with zero attached hydrogens (tertiary/aromatic N) is 3. The standard InChI is InChI=1S/C19H19ClFN5O.HI/c1-22-19(23-11-10-13-2-8-16(21)9-3-13)24-12-17-25-18(26-27-17)14-4-6-15(20)7-5-14;/h2-9H,10-12H2,1H3,(H2,22,23,24);1H. The summed E-state index contributed by atoms with van der Waals surface area (Å²) in [6, 6.07) is 13.7. The number of guanidine groups is 1. The van der Waals surface area contributed by atoms with Gasteiger partial charge in [0.2, 0.25) is 11.7 Å². The van der Waals surface area contributed by atoms with Gasteiger partial charge in [-0.15, -0.1) is 24.0 Å². The largest absolute Gasteiger partial charge is 0.356 e. The molecular formula is C19H20ClFIN5O. The summed E-state index contributed by atoms with van der Waals surface area (Å²) in [5.41, 5.74) is 1.88. The topological polar surface area (TPSA) is 75.3 Å². The monoisotopic (exact) mass is 515 g/mol. The van der Waals surface area contributed by atoms with Gasteiger partial charge < -0.3 is 15.2 Å². The van der Waals surface area contributed by atoms with Crippen LogP contribution in [0.4, 0.5) is 4.39 Å². The van der Waals surface area contributed by atoms with Gasteiger partial charge in [0.15, 0.2) is 5.96 Å². The molecule has 2 N–H and O–H groups in total. The second kappa shape index (κ2) is 11.0. The summed E-state index contributed by atoms with van der Waals surface area (Å²) >= 11 is 5.88. The molecule has 0 radical (unpaired) electrons. The van der Waals surface area contributed by atoms with Crippen LogP contribution in [-0.4, -0.2) is 29.7 Å². The van der Waals surface area contributed by atoms with Gasteiger partial charge in [0.05, 0.1) is 6.54 Å². The molecule has 0 fully saturated rings. The minimum atomic E-state index is -0.235. The zero-order chi connectivity index (χ0) is 19.1. The maximum atomic E-state index is 12.9. The summed E-state index contributed by atoms with van der Waals surface area (Å²) in [6.07, 6.45) is 0.752. The van der Waals surface area contributed by atoms with Gasteiger partial charge in [-0.1, -0.05) is 28.9 Å². The Labute approximate surface area is 184 Å². The Morgan fingerprint density at radius 3 is 2.50 bits per heavy atom. The van der Waals surface area contributed by atoms with E-state index in [1.165, 1.54) is 12.1 Å². The van der Waals surface area contributed by atoms with Crippen LogP contribution in [0.5, 0.6) is 0 Å². The van der Waals surface area contributed by atoms with Crippen molar-refractivity contribution in [3.05, 3.63) is 70.8 Å². The fraction of sp³-hybridized carbons (Fsp3) is 0.211. The highest BCUT2D eigenvalue weighted by Crippen LogP contribution is 2.18. The first kappa shape index (κ1) is 22.1. The molecule has 0 aliphatic carbocycles. The fourth-order valence-electron chi connectivity index (χ4n) is 2.40. The second-order valence-electron chi connectivity index (χ2n) is 5.75. The minimum Gasteiger partial charge on any atom is -0.356 e. The highest BCUT2D eigenvalue weighted by atomic mass is 127. The van der Waals surface area contributed by atoms with Crippen molar-refractivity contribution in [2.24, 2.45) is 4.99 Å². The molecule has 0 spiro atoms. The number of nitrogens with one attached hydrogen (secondary N) is 2. The zero-order valence-corrected chi connectivity index (χ0v) is 18.2. The average molecular weight is 516 g/mol. The lowest BCUT2D eigenvalue weighted by molar-refractivity contribution is 0.375. The van der Waals surface area contributed by atoms with Crippen molar-refractivity contribution in [2.75, 3.05) is 13.6 Å². The minimum absolute atomic E-state index is 0. The molecular weight excluding hydrogens is 496 g/mol. The molecule has 0 bridgehead atoms. The molecule has 0 amide bonds. The van der Waals surface area contributed by atoms with Gasteiger partial charge in [0.1, 0.15) is 5.82 Å². The molecule has 0 aliphatic rings. The number of benzene rings is 2. The lowest BCUT2D eigenvalue weighted by Gasteiger charge is -2.10. The predicted molar refractivity (Wildman–Crippen MR) is 118 cm³/mol. The Morgan fingerprint density at radius 1 is 1.11 bits per heavy atom. The number of hydrogen-bond donors (Lipinski definition) is 2. The number of aliphatic imine (C=N–C) groups is 1. The molecule has 0 atom stereocenters. The third-order valence-corrected chi connectivity index (χ3v) is 4.07. The zero-order valence-electron chi connectivity index (χ0n) is 15.2. The van der Waals surface area contributed by atoms with E-state index < -0.39 is 0 Å². The number of aromatic nitrogens is 2. The molecule has 9 heteroatoms. The van der Waals surface area contributed by atoms with Gasteiger partial charge in [-0.2, -0.15) is 4.98 Å². The Balaban J connectivity index is 0.00000280. The molecule has 0 unspecified atom stereocenters. The molecule has 28 heavy (non-hydrogen) atoms. The SMILES string of the molecule is CN=C(NCCc1ccc(F)cc1)NCc1nc(-c2ccc(Cl)cc2)no1.I. The molecule has 3 aromatic rings. The van der Waals surface area contributed by atoms with Crippen molar-refractivity contribution in [3.8, 4) is 11.4 Å². The summed E-state index contributed by atoms with van der Waals surface area (Å²) in [4.78, 5) is 8.50. The van der Waals surface area contributed by atoms with E-state index in [1.54, 1.807) is 31.3 Å². The van der Waals surface area contributed by atoms with E-state index in [1.807, 2.05) is 12.1 Å². The maximum Gasteiger partial charge on any atom is 0.246 e. The summed E-state index contributed by atoms with van der Waals surface area (Å²) in [5.74, 6) is 1.33. The average Bonchev–Trinajstić information content (AvgIpc) is 3.15. The van der Waals surface area contributed by atoms with Crippen LogP contribution >= 0.6 is 35.6 Å². The second-order valence-corrected chi connectivity index (χ2v) is 6.18. The molecule has 0 saturated carbocycles. The Kier molecular flexibility index (Phi) is 8.65. The van der Waals surface area contributed by atoms with E-state index in [0.29, 0.717) is 35.8 Å². The van der Waals surface area contributed by atoms with Crippen molar-refractivity contribution in [2.45, 2.75) is 13.0 Å². The highest BCUT2D eigenvalue weighted by Gasteiger charge is 2.09. The number of halogens is 3. The van der Waals surface area contributed by atoms with Crippen LogP contribution in [0.2, 0.25) is 5.02 Å². The molecule has 0 aliphatic heterocycles. The van der Waals surface area contributed by atoms with Crippen molar-refractivity contribution < 1.29 is 8.91 Å². The van der Waals surface area contributed by atoms with Crippen LogP contribution in [0.15, 0.2) is 58.0 Å². The lowest BCUT2D eigenvalue weighted by atomic mass is 10.1. The molecule has 3 rings (SSSR count). The normalized spacial score (nSPS) is 11.0. The summed E-state index contributed by atoms with van der Waals surface area (Å²) in [7, 11) is 1.68. The van der Waals surface area contributed by atoms with E-state index in [4.69, 9.17) is 16.1 Å². The van der Waals surface area contributed by atoms with Gasteiger partial charge >= 0.3 is 0 Å². The molecule has 2 aromatic carbocycles. The highest BCUT2D eigenvalue weighted by molar-refractivity contribution is 14.0. The van der Waals surface area contributed by atoms with Crippen molar-refractivity contribution in [3.63, 3.8) is 0 Å². The number of rotatable bonds is 6. The first-order valence-electron chi connectivity index (χ1n) is 8.41. The lowest BCUT2D eigenvalue weighted by Crippen LogP contribution is -2.37. The van der Waals surface area contributed by atoms with Crippen LogP contribution in [0.25, 0.3) is 11.4 Å². The first-order valence-corrected chi connectivity index (χ1v) is 8.79. The van der Waals surface area contributed by atoms with Crippen LogP contribution < -0.4 is 10.6 Å². The number of hydrogen-bond acceptors (Lipinski definition) is 4. The third-order valence-electron chi connectivity index (χ3n) is 3.82. The molecule has 1 heterocycles. The predicted octanol–water partition coefficient (Wildman–Crippen LogP) is 4.05. The quantitative estimate of drug-likeness (QED) is 0.294. The Hall–Kier alpha value is -2.20. The van der Waals surface area contributed by atoms with Gasteiger partial charge in [-0.05, 0) is 48.4 Å². The van der Waals surface area contributed by atoms with Crippen LogP contribution in [-0.2, 0) is 13.0 Å². The first-order chi connectivity index (χ1) is 13.1. The Morgan fingerprint density at radius 2 is 1.82 bits per heavy atom. The van der Waals surface area contributed by atoms with E-state index in [-0.39, 0.29) is 29.8 Å². The van der Waals surface area contributed by atoms with Gasteiger partial charge in [0.25, 0.3) is 0 Å². The van der Waals surface area contributed by atoms with Crippen LogP contribution in [0.1, 0.15) is 11.5 Å². The van der Waals surface area contributed by atoms with Crippen molar-refractivity contribution in [1.29, 1.82) is 0 Å². The Bertz CT molecular complexity index is 899. The van der Waals surface area contributed by atoms with Crippen molar-refractivity contribution in [1.82, 2.24) is 20.8 Å². The molecule has 6 nitrogen and oxygen atoms in total. The van der Waals surface area contributed by atoms with E-state index in [0.717, 1.165) is 17.5 Å². The van der Waals surface area contributed by atoms with Gasteiger partial charge in [-0.25, -0.2) is 4.39 Å². The molecule has 0 saturated heterocycles. The fourth-order valence-corrected chi connectivity index (χ4v) is 2.53. The van der Waals surface area contributed by atoms with E-state index in [2.05, 4.69) is 25.8 Å². The summed E-state index contributed by atoms with van der Waals surface area (Å²) in [5, 5.41) is 10.9. The van der Waals surface area contributed by atoms with Gasteiger partial charge in [-0.3, -0.25) is 4.99 Å². The van der Waals surface area contributed by atoms with Gasteiger partial charge in [0, 0.05) is 24.2 Å². The third kappa shape index (κ3) is 6.45. The molecule has 1 aromatic heterocycles.